The first-order valence-electron chi connectivity index (χ1n) is 8.16. The van der Waals surface area contributed by atoms with Gasteiger partial charge in [-0.05, 0) is 51.1 Å². The number of ether oxygens (including phenoxy) is 1. The van der Waals surface area contributed by atoms with Crippen LogP contribution in [0.1, 0.15) is 20.8 Å². The van der Waals surface area contributed by atoms with Crippen LogP contribution in [0.2, 0.25) is 10.0 Å². The molecule has 2 unspecified atom stereocenters. The lowest BCUT2D eigenvalue weighted by Crippen LogP contribution is -2.36. The summed E-state index contributed by atoms with van der Waals surface area (Å²) in [5.41, 5.74) is 0. The van der Waals surface area contributed by atoms with Gasteiger partial charge in [0.05, 0.1) is 11.1 Å². The van der Waals surface area contributed by atoms with E-state index >= 15 is 0 Å². The van der Waals surface area contributed by atoms with Gasteiger partial charge < -0.3 is 13.8 Å². The van der Waals surface area contributed by atoms with Crippen molar-refractivity contribution >= 4 is 36.9 Å². The molecule has 2 aromatic rings. The van der Waals surface area contributed by atoms with Crippen molar-refractivity contribution in [3.63, 3.8) is 0 Å². The van der Waals surface area contributed by atoms with E-state index in [1.165, 1.54) is 25.1 Å². The Morgan fingerprint density at radius 3 is 2.30 bits per heavy atom. The van der Waals surface area contributed by atoms with E-state index < -0.39 is 19.8 Å². The third-order valence-electron chi connectivity index (χ3n) is 3.14. The molecule has 0 fully saturated rings. The molecular weight excluding hydrogens is 412 g/mol. The molecule has 0 aliphatic carbocycles. The maximum absolute atomic E-state index is 13.3. The van der Waals surface area contributed by atoms with Crippen molar-refractivity contribution in [1.82, 2.24) is 5.09 Å². The fraction of sp³-hybridized carbons (Fsp3) is 0.278. The van der Waals surface area contributed by atoms with Crippen molar-refractivity contribution in [3.8, 4) is 11.5 Å². The summed E-state index contributed by atoms with van der Waals surface area (Å²) in [6.45, 7) is 4.93. The van der Waals surface area contributed by atoms with E-state index in [1.807, 2.05) is 0 Å². The van der Waals surface area contributed by atoms with Crippen LogP contribution in [0.5, 0.6) is 11.5 Å². The van der Waals surface area contributed by atoms with E-state index in [-0.39, 0.29) is 16.9 Å². The molecule has 0 spiro atoms. The molecular formula is C18H20Cl2NO5P. The molecule has 0 bridgehead atoms. The lowest BCUT2D eigenvalue weighted by Gasteiger charge is -2.24. The summed E-state index contributed by atoms with van der Waals surface area (Å²) in [5, 5.41) is 3.13. The average Bonchev–Trinajstić information content (AvgIpc) is 2.57. The smallest absolute Gasteiger partial charge is 0.462 e. The van der Waals surface area contributed by atoms with Crippen molar-refractivity contribution < 1.29 is 23.1 Å². The van der Waals surface area contributed by atoms with Crippen molar-refractivity contribution in [2.24, 2.45) is 0 Å². The van der Waals surface area contributed by atoms with Gasteiger partial charge in [0.1, 0.15) is 17.5 Å². The molecule has 2 rings (SSSR count). The zero-order chi connectivity index (χ0) is 20.0. The van der Waals surface area contributed by atoms with Gasteiger partial charge in [0.15, 0.2) is 0 Å². The molecule has 0 aliphatic heterocycles. The number of nitrogens with one attached hydrogen (secondary N) is 1. The molecule has 0 aromatic heterocycles. The number of hydrogen-bond donors (Lipinski definition) is 1. The van der Waals surface area contributed by atoms with E-state index in [2.05, 4.69) is 5.09 Å². The first-order chi connectivity index (χ1) is 12.7. The molecule has 0 aliphatic rings. The maximum atomic E-state index is 13.3. The molecule has 9 heteroatoms. The molecule has 0 amide bonds. The normalized spacial score (nSPS) is 14.3. The van der Waals surface area contributed by atoms with Crippen LogP contribution >= 0.6 is 30.9 Å². The Balaban J connectivity index is 2.27. The second-order valence-electron chi connectivity index (χ2n) is 5.90. The molecule has 0 saturated carbocycles. The Bertz CT molecular complexity index is 832. The van der Waals surface area contributed by atoms with Gasteiger partial charge in [-0.15, -0.1) is 0 Å². The van der Waals surface area contributed by atoms with Crippen LogP contribution in [0.4, 0.5) is 0 Å². The number of rotatable bonds is 8. The predicted octanol–water partition coefficient (Wildman–Crippen LogP) is 5.49. The van der Waals surface area contributed by atoms with Gasteiger partial charge in [-0.3, -0.25) is 4.79 Å². The lowest BCUT2D eigenvalue weighted by molar-refractivity contribution is -0.149. The monoisotopic (exact) mass is 431 g/mol. The Morgan fingerprint density at radius 1 is 1.04 bits per heavy atom. The van der Waals surface area contributed by atoms with Crippen LogP contribution < -0.4 is 14.1 Å². The minimum Gasteiger partial charge on any atom is -0.462 e. The summed E-state index contributed by atoms with van der Waals surface area (Å²) >= 11 is 12.0. The Hall–Kier alpha value is -1.72. The molecule has 27 heavy (non-hydrogen) atoms. The summed E-state index contributed by atoms with van der Waals surface area (Å²) in [6.07, 6.45) is -0.317. The van der Waals surface area contributed by atoms with Gasteiger partial charge in [0.2, 0.25) is 0 Å². The fourth-order valence-electron chi connectivity index (χ4n) is 1.99. The Morgan fingerprint density at radius 2 is 1.70 bits per heavy atom. The lowest BCUT2D eigenvalue weighted by atomic mass is 10.3. The van der Waals surface area contributed by atoms with Crippen LogP contribution in [0.3, 0.4) is 0 Å². The molecule has 2 atom stereocenters. The molecule has 0 heterocycles. The van der Waals surface area contributed by atoms with Crippen molar-refractivity contribution in [2.45, 2.75) is 32.9 Å². The van der Waals surface area contributed by atoms with Crippen LogP contribution in [-0.4, -0.2) is 18.1 Å². The van der Waals surface area contributed by atoms with Crippen molar-refractivity contribution in [1.29, 1.82) is 0 Å². The quantitative estimate of drug-likeness (QED) is 0.439. The highest BCUT2D eigenvalue weighted by Gasteiger charge is 2.34. The highest BCUT2D eigenvalue weighted by atomic mass is 35.5. The van der Waals surface area contributed by atoms with E-state index in [1.54, 1.807) is 44.2 Å². The molecule has 0 radical (unpaired) electrons. The fourth-order valence-corrected chi connectivity index (χ4v) is 4.04. The standard InChI is InChI=1S/C18H20Cl2NO5P/c1-12(2)24-18(22)13(3)21-27(23,25-15-7-5-4-6-8-15)26-17-10-9-14(19)11-16(17)20/h4-13H,1-3H3,(H,21,23). The minimum absolute atomic E-state index is 0.0947. The number of carbonyl (C=O) groups excluding carboxylic acids is 1. The van der Waals surface area contributed by atoms with Gasteiger partial charge in [0.25, 0.3) is 0 Å². The third kappa shape index (κ3) is 6.74. The van der Waals surface area contributed by atoms with Gasteiger partial charge in [0, 0.05) is 5.02 Å². The zero-order valence-electron chi connectivity index (χ0n) is 15.0. The highest BCUT2D eigenvalue weighted by Crippen LogP contribution is 2.47. The summed E-state index contributed by atoms with van der Waals surface area (Å²) in [7, 11) is -4.04. The number of para-hydroxylation sites is 1. The van der Waals surface area contributed by atoms with Gasteiger partial charge >= 0.3 is 13.7 Å². The van der Waals surface area contributed by atoms with Gasteiger partial charge in [-0.25, -0.2) is 4.57 Å². The van der Waals surface area contributed by atoms with Crippen LogP contribution in [0, 0.1) is 0 Å². The summed E-state index contributed by atoms with van der Waals surface area (Å²) in [4.78, 5) is 12.1. The molecule has 2 aromatic carbocycles. The van der Waals surface area contributed by atoms with Crippen molar-refractivity contribution in [2.75, 3.05) is 0 Å². The zero-order valence-corrected chi connectivity index (χ0v) is 17.4. The van der Waals surface area contributed by atoms with Crippen LogP contribution in [0.25, 0.3) is 0 Å². The van der Waals surface area contributed by atoms with E-state index in [0.29, 0.717) is 10.8 Å². The van der Waals surface area contributed by atoms with E-state index in [0.717, 1.165) is 0 Å². The number of benzene rings is 2. The summed E-state index contributed by atoms with van der Waals surface area (Å²) in [5.74, 6) is -0.201. The summed E-state index contributed by atoms with van der Waals surface area (Å²) in [6, 6.07) is 11.9. The largest absolute Gasteiger partial charge is 0.513 e. The van der Waals surface area contributed by atoms with Crippen LogP contribution in [0.15, 0.2) is 48.5 Å². The van der Waals surface area contributed by atoms with Gasteiger partial charge in [-0.1, -0.05) is 41.4 Å². The molecule has 1 N–H and O–H groups in total. The number of hydrogen-bond acceptors (Lipinski definition) is 5. The topological polar surface area (TPSA) is 73.9 Å². The summed E-state index contributed by atoms with van der Waals surface area (Å²) < 4.78 is 29.5. The first kappa shape index (κ1) is 21.6. The number of carbonyl (C=O) groups is 1. The molecule has 0 saturated heterocycles. The first-order valence-corrected chi connectivity index (χ1v) is 10.5. The number of esters is 1. The van der Waals surface area contributed by atoms with E-state index in [4.69, 9.17) is 37.0 Å². The van der Waals surface area contributed by atoms with Crippen molar-refractivity contribution in [3.05, 3.63) is 58.6 Å². The SMILES string of the molecule is CC(C)OC(=O)C(C)NP(=O)(Oc1ccccc1)Oc1ccc(Cl)cc1Cl. The third-order valence-corrected chi connectivity index (χ3v) is 5.26. The average molecular weight is 432 g/mol. The number of halogens is 2. The van der Waals surface area contributed by atoms with E-state index in [9.17, 15) is 9.36 Å². The predicted molar refractivity (Wildman–Crippen MR) is 106 cm³/mol. The Labute approximate surface area is 168 Å². The second kappa shape index (κ2) is 9.47. The Kier molecular flexibility index (Phi) is 7.57. The maximum Gasteiger partial charge on any atom is 0.513 e. The molecule has 6 nitrogen and oxygen atoms in total. The second-order valence-corrected chi connectivity index (χ2v) is 8.37. The minimum atomic E-state index is -4.04. The van der Waals surface area contributed by atoms with Gasteiger partial charge in [-0.2, -0.15) is 5.09 Å². The highest BCUT2D eigenvalue weighted by molar-refractivity contribution is 7.52. The molecule has 146 valence electrons. The van der Waals surface area contributed by atoms with Crippen LogP contribution in [-0.2, 0) is 14.1 Å².